The van der Waals surface area contributed by atoms with Crippen molar-refractivity contribution < 1.29 is 14.6 Å². The summed E-state index contributed by atoms with van der Waals surface area (Å²) in [4.78, 5) is 38.1. The minimum atomic E-state index is -0.764. The minimum Gasteiger partial charge on any atom is -0.342 e. The summed E-state index contributed by atoms with van der Waals surface area (Å²) in [5.74, 6) is 0.0112. The molecule has 1 aromatic heterocycles. The molecule has 1 N–H and O–H groups in total. The molecule has 31 heavy (non-hydrogen) atoms. The van der Waals surface area contributed by atoms with Crippen molar-refractivity contribution in [2.75, 3.05) is 0 Å². The number of para-hydroxylation sites is 2. The van der Waals surface area contributed by atoms with E-state index in [1.54, 1.807) is 6.92 Å². The van der Waals surface area contributed by atoms with Crippen LogP contribution in [0.5, 0.6) is 0 Å². The van der Waals surface area contributed by atoms with Gasteiger partial charge in [-0.2, -0.15) is 0 Å². The third-order valence-electron chi connectivity index (χ3n) is 4.99. The standard InChI is InChI=1S/C21H23N5O5/c1-3-4-7-10-24-19-9-6-5-8-18(19)23-20(24)14(2)22-21(27)15-11-16(25(28)29)13-17(12-15)26(30)31/h5-6,8-9,11-14H,3-4,7,10H2,1-2H3,(H,22,27)/t14-/m0/s1. The third kappa shape index (κ3) is 4.85. The maximum Gasteiger partial charge on any atom is 0.277 e. The van der Waals surface area contributed by atoms with Crippen LogP contribution in [-0.4, -0.2) is 25.3 Å². The van der Waals surface area contributed by atoms with Crippen molar-refractivity contribution in [3.05, 3.63) is 74.1 Å². The van der Waals surface area contributed by atoms with Gasteiger partial charge in [0.25, 0.3) is 17.3 Å². The Kier molecular flexibility index (Phi) is 6.58. The zero-order chi connectivity index (χ0) is 22.5. The molecule has 0 unspecified atom stereocenters. The van der Waals surface area contributed by atoms with Gasteiger partial charge in [0, 0.05) is 18.7 Å². The van der Waals surface area contributed by atoms with E-state index in [0.717, 1.165) is 55.0 Å². The number of unbranched alkanes of at least 4 members (excludes halogenated alkanes) is 2. The van der Waals surface area contributed by atoms with Gasteiger partial charge in [-0.3, -0.25) is 25.0 Å². The summed E-state index contributed by atoms with van der Waals surface area (Å²) in [7, 11) is 0. The molecule has 10 nitrogen and oxygen atoms in total. The van der Waals surface area contributed by atoms with Crippen molar-refractivity contribution in [2.45, 2.75) is 45.7 Å². The fraction of sp³-hybridized carbons (Fsp3) is 0.333. The molecule has 0 aliphatic rings. The predicted molar refractivity (Wildman–Crippen MR) is 115 cm³/mol. The van der Waals surface area contributed by atoms with Crippen molar-refractivity contribution in [3.63, 3.8) is 0 Å². The van der Waals surface area contributed by atoms with E-state index in [1.165, 1.54) is 0 Å². The summed E-state index contributed by atoms with van der Waals surface area (Å²) in [6.45, 7) is 4.63. The molecule has 0 saturated carbocycles. The Balaban J connectivity index is 1.91. The summed E-state index contributed by atoms with van der Waals surface area (Å²) in [5.41, 5.74) is 0.584. The molecule has 10 heteroatoms. The molecule has 1 amide bonds. The fourth-order valence-corrected chi connectivity index (χ4v) is 3.46. The SMILES string of the molecule is CCCCCn1c([C@H](C)NC(=O)c2cc([N+](=O)[O-])cc([N+](=O)[O-])c2)nc2ccccc21. The van der Waals surface area contributed by atoms with E-state index in [4.69, 9.17) is 0 Å². The molecular weight excluding hydrogens is 402 g/mol. The molecule has 3 rings (SSSR count). The summed E-state index contributed by atoms with van der Waals surface area (Å²) < 4.78 is 2.06. The van der Waals surface area contributed by atoms with Crippen LogP contribution in [0.3, 0.4) is 0 Å². The first kappa shape index (κ1) is 21.9. The number of amides is 1. The molecule has 0 saturated heterocycles. The quantitative estimate of drug-likeness (QED) is 0.304. The Bertz CT molecular complexity index is 1110. The number of carbonyl (C=O) groups is 1. The predicted octanol–water partition coefficient (Wildman–Crippen LogP) is 4.53. The summed E-state index contributed by atoms with van der Waals surface area (Å²) in [6.07, 6.45) is 3.09. The van der Waals surface area contributed by atoms with Crippen LogP contribution < -0.4 is 5.32 Å². The van der Waals surface area contributed by atoms with Gasteiger partial charge in [-0.15, -0.1) is 0 Å². The number of hydrogen-bond acceptors (Lipinski definition) is 6. The Morgan fingerprint density at radius 3 is 2.35 bits per heavy atom. The topological polar surface area (TPSA) is 133 Å². The number of benzene rings is 2. The maximum atomic E-state index is 12.8. The highest BCUT2D eigenvalue weighted by molar-refractivity contribution is 5.95. The van der Waals surface area contributed by atoms with Crippen LogP contribution in [0.15, 0.2) is 42.5 Å². The lowest BCUT2D eigenvalue weighted by Crippen LogP contribution is -2.29. The number of nitrogens with one attached hydrogen (secondary N) is 1. The van der Waals surface area contributed by atoms with Gasteiger partial charge in [0.05, 0.1) is 38.6 Å². The molecule has 0 radical (unpaired) electrons. The molecule has 0 spiro atoms. The van der Waals surface area contributed by atoms with Gasteiger partial charge < -0.3 is 9.88 Å². The number of aromatic nitrogens is 2. The van der Waals surface area contributed by atoms with E-state index < -0.39 is 33.2 Å². The number of imidazole rings is 1. The van der Waals surface area contributed by atoms with Gasteiger partial charge >= 0.3 is 0 Å². The number of hydrogen-bond donors (Lipinski definition) is 1. The van der Waals surface area contributed by atoms with Crippen molar-refractivity contribution in [1.82, 2.24) is 14.9 Å². The van der Waals surface area contributed by atoms with Gasteiger partial charge in [0.15, 0.2) is 0 Å². The number of fused-ring (bicyclic) bond motifs is 1. The normalized spacial score (nSPS) is 11.9. The van der Waals surface area contributed by atoms with Gasteiger partial charge in [0.2, 0.25) is 0 Å². The van der Waals surface area contributed by atoms with Crippen LogP contribution in [0.4, 0.5) is 11.4 Å². The minimum absolute atomic E-state index is 0.151. The molecule has 3 aromatic rings. The van der Waals surface area contributed by atoms with Crippen LogP contribution in [0.1, 0.15) is 55.3 Å². The Labute approximate surface area is 178 Å². The average Bonchev–Trinajstić information content (AvgIpc) is 3.12. The lowest BCUT2D eigenvalue weighted by molar-refractivity contribution is -0.394. The van der Waals surface area contributed by atoms with Crippen LogP contribution in [-0.2, 0) is 6.54 Å². The number of nitro groups is 2. The Morgan fingerprint density at radius 1 is 1.10 bits per heavy atom. The average molecular weight is 425 g/mol. The third-order valence-corrected chi connectivity index (χ3v) is 4.99. The second kappa shape index (κ2) is 9.33. The molecule has 0 fully saturated rings. The zero-order valence-corrected chi connectivity index (χ0v) is 17.3. The van der Waals surface area contributed by atoms with Crippen molar-refractivity contribution in [1.29, 1.82) is 0 Å². The van der Waals surface area contributed by atoms with Crippen LogP contribution in [0.25, 0.3) is 11.0 Å². The van der Waals surface area contributed by atoms with Crippen LogP contribution >= 0.6 is 0 Å². The molecule has 0 aliphatic heterocycles. The molecule has 1 heterocycles. The molecule has 2 aromatic carbocycles. The largest absolute Gasteiger partial charge is 0.342 e. The number of carbonyl (C=O) groups excluding carboxylic acids is 1. The van der Waals surface area contributed by atoms with E-state index in [9.17, 15) is 25.0 Å². The monoisotopic (exact) mass is 425 g/mol. The van der Waals surface area contributed by atoms with Gasteiger partial charge in [-0.1, -0.05) is 31.9 Å². The molecule has 0 bridgehead atoms. The van der Waals surface area contributed by atoms with Crippen molar-refractivity contribution in [3.8, 4) is 0 Å². The second-order valence-electron chi connectivity index (χ2n) is 7.26. The van der Waals surface area contributed by atoms with Gasteiger partial charge in [-0.25, -0.2) is 4.98 Å². The van der Waals surface area contributed by atoms with Crippen LogP contribution in [0, 0.1) is 20.2 Å². The second-order valence-corrected chi connectivity index (χ2v) is 7.26. The summed E-state index contributed by atoms with van der Waals surface area (Å²) in [6, 6.07) is 10.0. The lowest BCUT2D eigenvalue weighted by Gasteiger charge is -2.16. The van der Waals surface area contributed by atoms with Crippen molar-refractivity contribution in [2.24, 2.45) is 0 Å². The number of nitrogens with zero attached hydrogens (tertiary/aromatic N) is 4. The van der Waals surface area contributed by atoms with E-state index >= 15 is 0 Å². The first-order valence-electron chi connectivity index (χ1n) is 10.0. The summed E-state index contributed by atoms with van der Waals surface area (Å²) in [5, 5.41) is 25.0. The molecule has 162 valence electrons. The number of aryl methyl sites for hydroxylation is 1. The first-order valence-corrected chi connectivity index (χ1v) is 10.0. The maximum absolute atomic E-state index is 12.8. The van der Waals surface area contributed by atoms with E-state index in [-0.39, 0.29) is 5.56 Å². The van der Waals surface area contributed by atoms with Gasteiger partial charge in [-0.05, 0) is 25.5 Å². The number of rotatable bonds is 9. The Morgan fingerprint density at radius 2 is 1.74 bits per heavy atom. The summed E-state index contributed by atoms with van der Waals surface area (Å²) >= 11 is 0. The molecular formula is C21H23N5O5. The number of non-ortho nitro benzene ring substituents is 2. The first-order chi connectivity index (χ1) is 14.8. The van der Waals surface area contributed by atoms with Gasteiger partial charge in [0.1, 0.15) is 5.82 Å². The van der Waals surface area contributed by atoms with E-state index in [2.05, 4.69) is 21.8 Å². The zero-order valence-electron chi connectivity index (χ0n) is 17.3. The highest BCUT2D eigenvalue weighted by Crippen LogP contribution is 2.25. The highest BCUT2D eigenvalue weighted by atomic mass is 16.6. The van der Waals surface area contributed by atoms with E-state index in [1.807, 2.05) is 24.3 Å². The highest BCUT2D eigenvalue weighted by Gasteiger charge is 2.23. The smallest absolute Gasteiger partial charge is 0.277 e. The fourth-order valence-electron chi connectivity index (χ4n) is 3.46. The lowest BCUT2D eigenvalue weighted by atomic mass is 10.1. The molecule has 0 aliphatic carbocycles. The Hall–Kier alpha value is -3.82. The van der Waals surface area contributed by atoms with Crippen molar-refractivity contribution >= 4 is 28.3 Å². The van der Waals surface area contributed by atoms with Crippen LogP contribution in [0.2, 0.25) is 0 Å². The number of nitro benzene ring substituents is 2. The molecule has 1 atom stereocenters. The van der Waals surface area contributed by atoms with E-state index in [0.29, 0.717) is 5.82 Å².